The number of carboxylic acids is 1. The molecule has 1 spiro atoms. The average Bonchev–Trinajstić information content (AvgIpc) is 2.84. The number of carbonyl (C=O) groups is 2. The van der Waals surface area contributed by atoms with E-state index >= 15 is 0 Å². The number of hydrogen-bond donors (Lipinski definition) is 1. The van der Waals surface area contributed by atoms with Crippen LogP contribution in [-0.2, 0) is 9.59 Å². The number of nitrogens with zero attached hydrogens (tertiary/aromatic N) is 1. The third-order valence-corrected chi connectivity index (χ3v) is 5.15. The summed E-state index contributed by atoms with van der Waals surface area (Å²) >= 11 is 0. The maximum Gasteiger partial charge on any atom is 0.307 e. The summed E-state index contributed by atoms with van der Waals surface area (Å²) in [6.45, 7) is 1.50. The first kappa shape index (κ1) is 12.7. The number of aliphatic carboxylic acids is 1. The number of likely N-dealkylation sites (tertiary alicyclic amines) is 1. The van der Waals surface area contributed by atoms with Gasteiger partial charge in [-0.05, 0) is 43.4 Å². The lowest BCUT2D eigenvalue weighted by molar-refractivity contribution is -0.139. The van der Waals surface area contributed by atoms with E-state index in [0.29, 0.717) is 12.3 Å². The summed E-state index contributed by atoms with van der Waals surface area (Å²) in [7, 11) is 0. The van der Waals surface area contributed by atoms with Gasteiger partial charge in [-0.2, -0.15) is 0 Å². The van der Waals surface area contributed by atoms with Crippen LogP contribution in [0.15, 0.2) is 12.2 Å². The van der Waals surface area contributed by atoms with E-state index in [1.165, 1.54) is 0 Å². The van der Waals surface area contributed by atoms with Crippen LogP contribution in [0.1, 0.15) is 38.5 Å². The zero-order chi connectivity index (χ0) is 13.5. The molecule has 0 aromatic carbocycles. The molecule has 2 fully saturated rings. The van der Waals surface area contributed by atoms with Gasteiger partial charge in [-0.25, -0.2) is 0 Å². The Kier molecular flexibility index (Phi) is 3.11. The van der Waals surface area contributed by atoms with E-state index in [1.54, 1.807) is 0 Å². The summed E-state index contributed by atoms with van der Waals surface area (Å²) in [5, 5.41) is 9.05. The van der Waals surface area contributed by atoms with Crippen LogP contribution in [0, 0.1) is 17.3 Å². The minimum Gasteiger partial charge on any atom is -0.481 e. The average molecular weight is 263 g/mol. The number of piperidine rings is 1. The minimum absolute atomic E-state index is 0.0237. The van der Waals surface area contributed by atoms with E-state index in [2.05, 4.69) is 12.2 Å². The van der Waals surface area contributed by atoms with E-state index in [-0.39, 0.29) is 17.2 Å². The Morgan fingerprint density at radius 2 is 2.05 bits per heavy atom. The van der Waals surface area contributed by atoms with E-state index in [1.807, 2.05) is 4.90 Å². The highest BCUT2D eigenvalue weighted by Crippen LogP contribution is 2.59. The molecule has 2 atom stereocenters. The predicted octanol–water partition coefficient (Wildman–Crippen LogP) is 2.06. The topological polar surface area (TPSA) is 57.6 Å². The lowest BCUT2D eigenvalue weighted by atomic mass is 9.90. The van der Waals surface area contributed by atoms with Gasteiger partial charge in [0.15, 0.2) is 0 Å². The summed E-state index contributed by atoms with van der Waals surface area (Å²) in [6.07, 6.45) is 9.70. The Labute approximate surface area is 113 Å². The molecule has 0 aromatic heterocycles. The number of carbonyl (C=O) groups excluding carboxylic acids is 1. The second kappa shape index (κ2) is 4.66. The molecule has 3 aliphatic rings. The molecule has 4 heteroatoms. The van der Waals surface area contributed by atoms with Crippen molar-refractivity contribution in [3.05, 3.63) is 12.2 Å². The molecular formula is C15H21NO3. The van der Waals surface area contributed by atoms with Crippen molar-refractivity contribution in [2.24, 2.45) is 17.3 Å². The predicted molar refractivity (Wildman–Crippen MR) is 70.5 cm³/mol. The maximum absolute atomic E-state index is 12.2. The van der Waals surface area contributed by atoms with Gasteiger partial charge in [-0.3, -0.25) is 9.59 Å². The number of allylic oxidation sites excluding steroid dienone is 2. The molecule has 1 heterocycles. The molecule has 1 aliphatic heterocycles. The fourth-order valence-corrected chi connectivity index (χ4v) is 3.67. The lowest BCUT2D eigenvalue weighted by Gasteiger charge is -2.33. The Morgan fingerprint density at radius 3 is 2.58 bits per heavy atom. The van der Waals surface area contributed by atoms with Crippen molar-refractivity contribution >= 4 is 11.9 Å². The Balaban J connectivity index is 1.49. The first-order chi connectivity index (χ1) is 9.11. The molecule has 4 nitrogen and oxygen atoms in total. The van der Waals surface area contributed by atoms with Crippen LogP contribution in [-0.4, -0.2) is 35.0 Å². The first-order valence-corrected chi connectivity index (χ1v) is 7.28. The van der Waals surface area contributed by atoms with Gasteiger partial charge in [0.1, 0.15) is 0 Å². The molecule has 0 bridgehead atoms. The zero-order valence-corrected chi connectivity index (χ0v) is 11.2. The van der Waals surface area contributed by atoms with E-state index < -0.39 is 5.97 Å². The van der Waals surface area contributed by atoms with E-state index in [4.69, 9.17) is 5.11 Å². The van der Waals surface area contributed by atoms with Crippen LogP contribution < -0.4 is 0 Å². The zero-order valence-electron chi connectivity index (χ0n) is 11.2. The quantitative estimate of drug-likeness (QED) is 0.793. The molecule has 0 radical (unpaired) electrons. The third-order valence-electron chi connectivity index (χ3n) is 5.15. The largest absolute Gasteiger partial charge is 0.481 e. The van der Waals surface area contributed by atoms with Crippen molar-refractivity contribution in [2.45, 2.75) is 38.5 Å². The van der Waals surface area contributed by atoms with Crippen molar-refractivity contribution in [1.82, 2.24) is 4.90 Å². The van der Waals surface area contributed by atoms with Crippen LogP contribution in [0.2, 0.25) is 0 Å². The lowest BCUT2D eigenvalue weighted by Crippen LogP contribution is -2.40. The highest BCUT2D eigenvalue weighted by molar-refractivity contribution is 5.77. The second-order valence-electron chi connectivity index (χ2n) is 6.31. The van der Waals surface area contributed by atoms with Crippen LogP contribution in [0.25, 0.3) is 0 Å². The van der Waals surface area contributed by atoms with Gasteiger partial charge >= 0.3 is 5.97 Å². The smallest absolute Gasteiger partial charge is 0.307 e. The maximum atomic E-state index is 12.2. The molecule has 0 aromatic rings. The third kappa shape index (κ3) is 2.40. The number of hydrogen-bond acceptors (Lipinski definition) is 2. The molecule has 3 rings (SSSR count). The number of carboxylic acid groups (broad SMARTS) is 1. The van der Waals surface area contributed by atoms with E-state index in [9.17, 15) is 9.59 Å². The molecule has 1 saturated heterocycles. The molecular weight excluding hydrogens is 242 g/mol. The minimum atomic E-state index is -0.657. The summed E-state index contributed by atoms with van der Waals surface area (Å²) in [4.78, 5) is 25.1. The van der Waals surface area contributed by atoms with Gasteiger partial charge in [-0.1, -0.05) is 12.2 Å². The molecule has 104 valence electrons. The molecule has 1 amide bonds. The Morgan fingerprint density at radius 1 is 1.32 bits per heavy atom. The van der Waals surface area contributed by atoms with Gasteiger partial charge in [0, 0.05) is 19.5 Å². The van der Waals surface area contributed by atoms with Gasteiger partial charge in [0.05, 0.1) is 5.92 Å². The van der Waals surface area contributed by atoms with Crippen molar-refractivity contribution in [1.29, 1.82) is 0 Å². The molecule has 2 aliphatic carbocycles. The van der Waals surface area contributed by atoms with Crippen LogP contribution in [0.3, 0.4) is 0 Å². The summed E-state index contributed by atoms with van der Waals surface area (Å²) in [5.74, 6) is -0.131. The van der Waals surface area contributed by atoms with E-state index in [0.717, 1.165) is 45.2 Å². The summed E-state index contributed by atoms with van der Waals surface area (Å²) < 4.78 is 0. The Bertz CT molecular complexity index is 421. The highest BCUT2D eigenvalue weighted by atomic mass is 16.4. The molecule has 1 N–H and O–H groups in total. The normalized spacial score (nSPS) is 31.7. The van der Waals surface area contributed by atoms with Gasteiger partial charge in [-0.15, -0.1) is 0 Å². The number of amides is 1. The van der Waals surface area contributed by atoms with Crippen molar-refractivity contribution in [3.63, 3.8) is 0 Å². The van der Waals surface area contributed by atoms with Gasteiger partial charge in [0.25, 0.3) is 0 Å². The van der Waals surface area contributed by atoms with Crippen LogP contribution in [0.4, 0.5) is 0 Å². The number of rotatable bonds is 3. The second-order valence-corrected chi connectivity index (χ2v) is 6.31. The molecule has 1 saturated carbocycles. The van der Waals surface area contributed by atoms with Gasteiger partial charge in [0.2, 0.25) is 5.91 Å². The molecule has 0 unspecified atom stereocenters. The van der Waals surface area contributed by atoms with Crippen LogP contribution >= 0.6 is 0 Å². The molecule has 19 heavy (non-hydrogen) atoms. The fourth-order valence-electron chi connectivity index (χ4n) is 3.67. The standard InChI is InChI=1S/C15H21NO3/c17-13(9-11-3-1-2-4-11)16-7-5-15(6-8-16)10-12(15)14(18)19/h1,3,11-12H,2,4-10H2,(H,18,19)/t11-,12+/m0/s1. The summed E-state index contributed by atoms with van der Waals surface area (Å²) in [5.41, 5.74) is 0.0237. The SMILES string of the molecule is O=C(O)[C@H]1CC12CCN(C(=O)C[C@H]1C=CCC1)CC2. The first-order valence-electron chi connectivity index (χ1n) is 7.28. The summed E-state index contributed by atoms with van der Waals surface area (Å²) in [6, 6.07) is 0. The van der Waals surface area contributed by atoms with Gasteiger partial charge < -0.3 is 10.0 Å². The van der Waals surface area contributed by atoms with Crippen molar-refractivity contribution in [3.8, 4) is 0 Å². The van der Waals surface area contributed by atoms with Crippen molar-refractivity contribution in [2.75, 3.05) is 13.1 Å². The fraction of sp³-hybridized carbons (Fsp3) is 0.733. The Hall–Kier alpha value is -1.32. The van der Waals surface area contributed by atoms with Crippen LogP contribution in [0.5, 0.6) is 0 Å². The van der Waals surface area contributed by atoms with Crippen molar-refractivity contribution < 1.29 is 14.7 Å². The monoisotopic (exact) mass is 263 g/mol. The highest BCUT2D eigenvalue weighted by Gasteiger charge is 2.59.